The summed E-state index contributed by atoms with van der Waals surface area (Å²) in [7, 11) is 0. The van der Waals surface area contributed by atoms with Gasteiger partial charge in [-0.1, -0.05) is 0 Å². The van der Waals surface area contributed by atoms with Crippen LogP contribution < -0.4 is 16.5 Å². The molecule has 0 bridgehead atoms. The summed E-state index contributed by atoms with van der Waals surface area (Å²) >= 11 is 0. The molecule has 4 N–H and O–H groups in total. The Kier molecular flexibility index (Phi) is 4.26. The van der Waals surface area contributed by atoms with Crippen LogP contribution in [0.25, 0.3) is 0 Å². The van der Waals surface area contributed by atoms with Crippen molar-refractivity contribution < 1.29 is 9.59 Å². The standard InChI is InChI=1S/C10H13N3O3/c11-9(15)2-1-4-13-10(16)7-6-12-5-3-8(7)14/h3,5-6H,1-2,4H2,(H2,11,15)(H,12,14)(H,13,16). The Balaban J connectivity index is 2.45. The van der Waals surface area contributed by atoms with Crippen molar-refractivity contribution in [3.05, 3.63) is 34.2 Å². The van der Waals surface area contributed by atoms with E-state index in [2.05, 4.69) is 10.3 Å². The van der Waals surface area contributed by atoms with Crippen molar-refractivity contribution in [1.82, 2.24) is 10.3 Å². The molecule has 0 radical (unpaired) electrons. The van der Waals surface area contributed by atoms with E-state index >= 15 is 0 Å². The van der Waals surface area contributed by atoms with Crippen molar-refractivity contribution in [2.75, 3.05) is 6.54 Å². The number of H-pyrrole nitrogens is 1. The van der Waals surface area contributed by atoms with Crippen molar-refractivity contribution in [1.29, 1.82) is 0 Å². The smallest absolute Gasteiger partial charge is 0.256 e. The number of aromatic amines is 1. The van der Waals surface area contributed by atoms with E-state index in [0.29, 0.717) is 13.0 Å². The van der Waals surface area contributed by atoms with Crippen molar-refractivity contribution >= 4 is 11.8 Å². The van der Waals surface area contributed by atoms with Crippen LogP contribution in [0.1, 0.15) is 23.2 Å². The Hall–Kier alpha value is -2.11. The van der Waals surface area contributed by atoms with Gasteiger partial charge in [-0.15, -0.1) is 0 Å². The Morgan fingerprint density at radius 3 is 2.81 bits per heavy atom. The third-order valence-corrected chi connectivity index (χ3v) is 1.95. The molecule has 0 saturated carbocycles. The highest BCUT2D eigenvalue weighted by atomic mass is 16.2. The summed E-state index contributed by atoms with van der Waals surface area (Å²) in [5, 5.41) is 2.53. The molecule has 1 aromatic rings. The number of pyridine rings is 1. The Morgan fingerprint density at radius 2 is 2.19 bits per heavy atom. The van der Waals surface area contributed by atoms with E-state index in [1.807, 2.05) is 0 Å². The highest BCUT2D eigenvalue weighted by Crippen LogP contribution is 1.89. The molecule has 86 valence electrons. The maximum atomic E-state index is 11.5. The van der Waals surface area contributed by atoms with Gasteiger partial charge in [0.25, 0.3) is 5.91 Å². The van der Waals surface area contributed by atoms with Crippen molar-refractivity contribution in [3.8, 4) is 0 Å². The second-order valence-electron chi connectivity index (χ2n) is 3.25. The molecule has 0 atom stereocenters. The van der Waals surface area contributed by atoms with Gasteiger partial charge in [-0.3, -0.25) is 14.4 Å². The van der Waals surface area contributed by atoms with Crippen LogP contribution in [0.15, 0.2) is 23.3 Å². The lowest BCUT2D eigenvalue weighted by Crippen LogP contribution is -2.29. The van der Waals surface area contributed by atoms with E-state index in [0.717, 1.165) is 0 Å². The second-order valence-corrected chi connectivity index (χ2v) is 3.25. The van der Waals surface area contributed by atoms with Gasteiger partial charge in [-0.05, 0) is 6.42 Å². The van der Waals surface area contributed by atoms with Gasteiger partial charge < -0.3 is 16.0 Å². The van der Waals surface area contributed by atoms with Gasteiger partial charge in [-0.2, -0.15) is 0 Å². The Morgan fingerprint density at radius 1 is 1.44 bits per heavy atom. The summed E-state index contributed by atoms with van der Waals surface area (Å²) in [5.41, 5.74) is 4.65. The van der Waals surface area contributed by atoms with Gasteiger partial charge in [0.2, 0.25) is 5.91 Å². The SMILES string of the molecule is NC(=O)CCCNC(=O)c1c[nH]ccc1=O. The Labute approximate surface area is 91.9 Å². The first-order chi connectivity index (χ1) is 7.61. The molecule has 0 aliphatic carbocycles. The zero-order valence-electron chi connectivity index (χ0n) is 8.66. The van der Waals surface area contributed by atoms with E-state index in [-0.39, 0.29) is 17.4 Å². The van der Waals surface area contributed by atoms with Gasteiger partial charge >= 0.3 is 0 Å². The molecule has 2 amide bonds. The second kappa shape index (κ2) is 5.69. The van der Waals surface area contributed by atoms with Gasteiger partial charge in [0.15, 0.2) is 5.43 Å². The molecule has 1 aromatic heterocycles. The first-order valence-corrected chi connectivity index (χ1v) is 4.85. The Bertz CT molecular complexity index is 439. The normalized spacial score (nSPS) is 9.75. The van der Waals surface area contributed by atoms with Crippen LogP contribution in [-0.2, 0) is 4.79 Å². The van der Waals surface area contributed by atoms with Crippen LogP contribution in [0.2, 0.25) is 0 Å². The lowest BCUT2D eigenvalue weighted by atomic mass is 10.2. The van der Waals surface area contributed by atoms with Gasteiger partial charge in [-0.25, -0.2) is 0 Å². The molecule has 1 rings (SSSR count). The molecule has 0 fully saturated rings. The van der Waals surface area contributed by atoms with Crippen LogP contribution in [0.4, 0.5) is 0 Å². The minimum atomic E-state index is -0.452. The van der Waals surface area contributed by atoms with Gasteiger partial charge in [0.1, 0.15) is 5.56 Å². The van der Waals surface area contributed by atoms with E-state index < -0.39 is 11.8 Å². The number of rotatable bonds is 5. The number of nitrogens with one attached hydrogen (secondary N) is 2. The number of hydrogen-bond donors (Lipinski definition) is 3. The van der Waals surface area contributed by atoms with Gasteiger partial charge in [0, 0.05) is 31.4 Å². The van der Waals surface area contributed by atoms with Crippen molar-refractivity contribution in [2.24, 2.45) is 5.73 Å². The molecule has 0 aliphatic heterocycles. The molecule has 0 saturated heterocycles. The predicted octanol–water partition coefficient (Wildman–Crippen LogP) is -0.630. The zero-order valence-corrected chi connectivity index (χ0v) is 8.66. The lowest BCUT2D eigenvalue weighted by molar-refractivity contribution is -0.118. The number of primary amides is 1. The van der Waals surface area contributed by atoms with Crippen LogP contribution in [-0.4, -0.2) is 23.3 Å². The largest absolute Gasteiger partial charge is 0.370 e. The minimum absolute atomic E-state index is 0.0570. The molecule has 0 aromatic carbocycles. The highest BCUT2D eigenvalue weighted by molar-refractivity contribution is 5.93. The van der Waals surface area contributed by atoms with E-state index in [4.69, 9.17) is 5.73 Å². The molecule has 0 unspecified atom stereocenters. The molecule has 0 spiro atoms. The van der Waals surface area contributed by atoms with Crippen molar-refractivity contribution in [3.63, 3.8) is 0 Å². The fourth-order valence-electron chi connectivity index (χ4n) is 1.15. The van der Waals surface area contributed by atoms with Crippen LogP contribution in [0, 0.1) is 0 Å². The van der Waals surface area contributed by atoms with Gasteiger partial charge in [0.05, 0.1) is 0 Å². The molecule has 0 aliphatic rings. The maximum Gasteiger partial charge on any atom is 0.256 e. The molecule has 6 nitrogen and oxygen atoms in total. The van der Waals surface area contributed by atoms with Crippen LogP contribution >= 0.6 is 0 Å². The third-order valence-electron chi connectivity index (χ3n) is 1.95. The predicted molar refractivity (Wildman–Crippen MR) is 57.8 cm³/mol. The van der Waals surface area contributed by atoms with E-state index in [1.165, 1.54) is 18.5 Å². The quantitative estimate of drug-likeness (QED) is 0.579. The topological polar surface area (TPSA) is 105 Å². The number of aromatic nitrogens is 1. The first kappa shape index (κ1) is 12.0. The van der Waals surface area contributed by atoms with Crippen LogP contribution in [0.3, 0.4) is 0 Å². The monoisotopic (exact) mass is 223 g/mol. The summed E-state index contributed by atoms with van der Waals surface area (Å²) in [4.78, 5) is 35.8. The third kappa shape index (κ3) is 3.56. The number of amides is 2. The first-order valence-electron chi connectivity index (χ1n) is 4.85. The number of hydrogen-bond acceptors (Lipinski definition) is 3. The summed E-state index contributed by atoms with van der Waals surface area (Å²) in [6.45, 7) is 0.316. The molecule has 6 heteroatoms. The maximum absolute atomic E-state index is 11.5. The van der Waals surface area contributed by atoms with E-state index in [9.17, 15) is 14.4 Å². The highest BCUT2D eigenvalue weighted by Gasteiger charge is 2.08. The average molecular weight is 223 g/mol. The summed E-state index contributed by atoms with van der Waals surface area (Å²) in [5.74, 6) is -0.863. The summed E-state index contributed by atoms with van der Waals surface area (Å²) in [6, 6.07) is 1.28. The van der Waals surface area contributed by atoms with Crippen molar-refractivity contribution in [2.45, 2.75) is 12.8 Å². The lowest BCUT2D eigenvalue weighted by Gasteiger charge is -2.02. The molecular formula is C10H13N3O3. The fraction of sp³-hybridized carbons (Fsp3) is 0.300. The van der Waals surface area contributed by atoms with E-state index in [1.54, 1.807) is 0 Å². The number of nitrogens with two attached hydrogens (primary N) is 1. The molecule has 1 heterocycles. The zero-order chi connectivity index (χ0) is 12.0. The molecule has 16 heavy (non-hydrogen) atoms. The van der Waals surface area contributed by atoms with Crippen LogP contribution in [0.5, 0.6) is 0 Å². The number of carbonyl (C=O) groups excluding carboxylic acids is 2. The minimum Gasteiger partial charge on any atom is -0.370 e. The average Bonchev–Trinajstić information content (AvgIpc) is 2.24. The summed E-state index contributed by atoms with van der Waals surface area (Å²) < 4.78 is 0. The number of carbonyl (C=O) groups is 2. The fourth-order valence-corrected chi connectivity index (χ4v) is 1.15. The summed E-state index contributed by atoms with van der Waals surface area (Å²) in [6.07, 6.45) is 3.47. The molecular weight excluding hydrogens is 210 g/mol.